The smallest absolute Gasteiger partial charge is 0.340 e. The van der Waals surface area contributed by atoms with E-state index in [1.54, 1.807) is 12.1 Å². The number of aromatic carboxylic acids is 1. The second kappa shape index (κ2) is 4.11. The number of pyridine rings is 1. The van der Waals surface area contributed by atoms with Crippen LogP contribution in [0.5, 0.6) is 0 Å². The Balaban J connectivity index is 2.49. The van der Waals surface area contributed by atoms with E-state index in [1.807, 2.05) is 0 Å². The van der Waals surface area contributed by atoms with Gasteiger partial charge in [0.1, 0.15) is 10.7 Å². The van der Waals surface area contributed by atoms with E-state index in [0.717, 1.165) is 0 Å². The van der Waals surface area contributed by atoms with E-state index >= 15 is 0 Å². The highest BCUT2D eigenvalue weighted by molar-refractivity contribution is 6.32. The van der Waals surface area contributed by atoms with Crippen LogP contribution in [0.2, 0.25) is 10.2 Å². The molecule has 0 unspecified atom stereocenters. The summed E-state index contributed by atoms with van der Waals surface area (Å²) in [6, 6.07) is 3.20. The summed E-state index contributed by atoms with van der Waals surface area (Å²) in [4.78, 5) is 14.7. The Hall–Kier alpha value is -1.59. The first-order valence-electron chi connectivity index (χ1n) is 4.18. The molecular weight excluding hydrogens is 253 g/mol. The number of carboxylic acid groups (broad SMARTS) is 1. The molecule has 0 aliphatic carbocycles. The number of carbonyl (C=O) groups is 1. The number of carboxylic acids is 1. The van der Waals surface area contributed by atoms with Gasteiger partial charge in [-0.05, 0) is 12.1 Å². The van der Waals surface area contributed by atoms with Gasteiger partial charge in [-0.2, -0.15) is 5.10 Å². The van der Waals surface area contributed by atoms with Crippen LogP contribution >= 0.6 is 23.2 Å². The molecule has 82 valence electrons. The molecule has 0 fully saturated rings. The van der Waals surface area contributed by atoms with Crippen LogP contribution in [0.1, 0.15) is 10.4 Å². The third kappa shape index (κ3) is 1.87. The summed E-state index contributed by atoms with van der Waals surface area (Å²) in [5, 5.41) is 13.1. The number of hydrogen-bond donors (Lipinski definition) is 1. The Labute approximate surface area is 100 Å². The van der Waals surface area contributed by atoms with Gasteiger partial charge in [-0.25, -0.2) is 14.5 Å². The highest BCUT2D eigenvalue weighted by Gasteiger charge is 2.16. The van der Waals surface area contributed by atoms with Gasteiger partial charge in [-0.3, -0.25) is 0 Å². The minimum atomic E-state index is -1.13. The molecule has 16 heavy (non-hydrogen) atoms. The van der Waals surface area contributed by atoms with Crippen LogP contribution in [-0.4, -0.2) is 25.8 Å². The van der Waals surface area contributed by atoms with Crippen LogP contribution in [0.4, 0.5) is 0 Å². The van der Waals surface area contributed by atoms with Crippen molar-refractivity contribution in [1.29, 1.82) is 0 Å². The van der Waals surface area contributed by atoms with Crippen LogP contribution in [0.3, 0.4) is 0 Å². The molecule has 7 heteroatoms. The Kier molecular flexibility index (Phi) is 2.80. The average molecular weight is 258 g/mol. The van der Waals surface area contributed by atoms with E-state index < -0.39 is 5.97 Å². The molecule has 0 aromatic carbocycles. The van der Waals surface area contributed by atoms with Gasteiger partial charge in [-0.1, -0.05) is 23.2 Å². The van der Waals surface area contributed by atoms with E-state index in [2.05, 4.69) is 10.1 Å². The van der Waals surface area contributed by atoms with Crippen molar-refractivity contribution in [3.8, 4) is 5.82 Å². The van der Waals surface area contributed by atoms with E-state index in [0.29, 0.717) is 10.8 Å². The molecule has 2 aromatic rings. The van der Waals surface area contributed by atoms with Crippen molar-refractivity contribution in [1.82, 2.24) is 14.8 Å². The Bertz CT molecular complexity index is 536. The lowest BCUT2D eigenvalue weighted by Crippen LogP contribution is -2.00. The van der Waals surface area contributed by atoms with Crippen molar-refractivity contribution >= 4 is 29.2 Å². The monoisotopic (exact) mass is 257 g/mol. The number of rotatable bonds is 2. The normalized spacial score (nSPS) is 10.4. The largest absolute Gasteiger partial charge is 0.478 e. The summed E-state index contributed by atoms with van der Waals surface area (Å²) in [5.41, 5.74) is -0.0709. The quantitative estimate of drug-likeness (QED) is 0.897. The zero-order valence-corrected chi connectivity index (χ0v) is 9.27. The summed E-state index contributed by atoms with van der Waals surface area (Å²) >= 11 is 11.5. The number of halogens is 2. The number of nitrogens with zero attached hydrogens (tertiary/aromatic N) is 3. The van der Waals surface area contributed by atoms with Crippen LogP contribution in [-0.2, 0) is 0 Å². The molecular formula is C9H5Cl2N3O2. The highest BCUT2D eigenvalue weighted by Crippen LogP contribution is 2.19. The van der Waals surface area contributed by atoms with E-state index in [9.17, 15) is 4.79 Å². The maximum absolute atomic E-state index is 10.7. The second-order valence-corrected chi connectivity index (χ2v) is 3.70. The maximum atomic E-state index is 10.7. The van der Waals surface area contributed by atoms with Gasteiger partial charge in [0, 0.05) is 6.20 Å². The fraction of sp³-hybridized carbons (Fsp3) is 0. The predicted molar refractivity (Wildman–Crippen MR) is 58.3 cm³/mol. The molecule has 0 atom stereocenters. The van der Waals surface area contributed by atoms with Gasteiger partial charge in [0.05, 0.1) is 11.2 Å². The Morgan fingerprint density at radius 3 is 2.56 bits per heavy atom. The van der Waals surface area contributed by atoms with Crippen LogP contribution < -0.4 is 0 Å². The van der Waals surface area contributed by atoms with E-state index in [4.69, 9.17) is 28.3 Å². The van der Waals surface area contributed by atoms with Gasteiger partial charge >= 0.3 is 5.97 Å². The molecule has 0 aliphatic heterocycles. The molecule has 2 aromatic heterocycles. The zero-order chi connectivity index (χ0) is 11.7. The zero-order valence-electron chi connectivity index (χ0n) is 7.76. The third-order valence-corrected chi connectivity index (χ3v) is 2.46. The van der Waals surface area contributed by atoms with Crippen molar-refractivity contribution in [3.63, 3.8) is 0 Å². The average Bonchev–Trinajstić information content (AvgIpc) is 2.61. The number of hydrogen-bond acceptors (Lipinski definition) is 3. The maximum Gasteiger partial charge on any atom is 0.340 e. The summed E-state index contributed by atoms with van der Waals surface area (Å²) in [6.07, 6.45) is 2.59. The Morgan fingerprint density at radius 1 is 1.31 bits per heavy atom. The highest BCUT2D eigenvalue weighted by atomic mass is 35.5. The summed E-state index contributed by atoms with van der Waals surface area (Å²) < 4.78 is 1.22. The molecule has 2 rings (SSSR count). The molecule has 1 N–H and O–H groups in total. The van der Waals surface area contributed by atoms with Crippen molar-refractivity contribution in [2.75, 3.05) is 0 Å². The first-order valence-corrected chi connectivity index (χ1v) is 4.94. The molecule has 0 radical (unpaired) electrons. The molecule has 5 nitrogen and oxygen atoms in total. The van der Waals surface area contributed by atoms with Crippen molar-refractivity contribution in [2.45, 2.75) is 0 Å². The van der Waals surface area contributed by atoms with Crippen molar-refractivity contribution in [2.24, 2.45) is 0 Å². The first-order chi connectivity index (χ1) is 7.59. The summed E-state index contributed by atoms with van der Waals surface area (Å²) in [6.45, 7) is 0. The lowest BCUT2D eigenvalue weighted by molar-refractivity contribution is 0.0697. The second-order valence-electron chi connectivity index (χ2n) is 2.90. The number of aromatic nitrogens is 3. The molecule has 0 saturated carbocycles. The van der Waals surface area contributed by atoms with Crippen LogP contribution in [0.15, 0.2) is 24.5 Å². The minimum Gasteiger partial charge on any atom is -0.478 e. The molecule has 0 spiro atoms. The van der Waals surface area contributed by atoms with Gasteiger partial charge in [-0.15, -0.1) is 0 Å². The van der Waals surface area contributed by atoms with E-state index in [-0.39, 0.29) is 10.7 Å². The predicted octanol–water partition coefficient (Wildman–Crippen LogP) is 2.27. The Morgan fingerprint density at radius 2 is 2.06 bits per heavy atom. The standard InChI is InChI=1S/C9H5Cl2N3O2/c10-5-1-2-7(12-3-5)14-8(11)6(4-13-14)9(15)16/h1-4H,(H,15,16). The van der Waals surface area contributed by atoms with Crippen molar-refractivity contribution in [3.05, 3.63) is 40.3 Å². The molecule has 0 amide bonds. The summed E-state index contributed by atoms with van der Waals surface area (Å²) in [5.74, 6) is -0.730. The molecule has 0 bridgehead atoms. The van der Waals surface area contributed by atoms with Gasteiger partial charge in [0.2, 0.25) is 0 Å². The van der Waals surface area contributed by atoms with Gasteiger partial charge in [0.25, 0.3) is 0 Å². The van der Waals surface area contributed by atoms with Gasteiger partial charge < -0.3 is 5.11 Å². The van der Waals surface area contributed by atoms with Crippen LogP contribution in [0.25, 0.3) is 5.82 Å². The minimum absolute atomic E-state index is 0.00215. The third-order valence-electron chi connectivity index (χ3n) is 1.87. The SMILES string of the molecule is O=C(O)c1cnn(-c2ccc(Cl)cn2)c1Cl. The van der Waals surface area contributed by atoms with E-state index in [1.165, 1.54) is 17.1 Å². The molecule has 0 saturated heterocycles. The fourth-order valence-corrected chi connectivity index (χ4v) is 1.50. The first kappa shape index (κ1) is 10.9. The topological polar surface area (TPSA) is 68.0 Å². The fourth-order valence-electron chi connectivity index (χ4n) is 1.13. The van der Waals surface area contributed by atoms with Crippen LogP contribution in [0, 0.1) is 0 Å². The summed E-state index contributed by atoms with van der Waals surface area (Å²) in [7, 11) is 0. The lowest BCUT2D eigenvalue weighted by atomic mass is 10.4. The van der Waals surface area contributed by atoms with Crippen molar-refractivity contribution < 1.29 is 9.90 Å². The molecule has 2 heterocycles. The molecule has 0 aliphatic rings. The lowest BCUT2D eigenvalue weighted by Gasteiger charge is -2.01. The van der Waals surface area contributed by atoms with Gasteiger partial charge in [0.15, 0.2) is 5.82 Å².